The fraction of sp³-hybridized carbons (Fsp3) is 0.778. The molecule has 1 aromatic heterocycles. The highest BCUT2D eigenvalue weighted by molar-refractivity contribution is 6.74. The second-order valence-corrected chi connectivity index (χ2v) is 24.5. The summed E-state index contributed by atoms with van der Waals surface area (Å²) in [6, 6.07) is 1.41. The lowest BCUT2D eigenvalue weighted by molar-refractivity contribution is -0.0300. The van der Waals surface area contributed by atoms with E-state index in [0.717, 1.165) is 0 Å². The number of nitrogens with zero attached hydrogens (tertiary/aromatic N) is 2. The van der Waals surface area contributed by atoms with Crippen LogP contribution in [0.2, 0.25) is 58.9 Å². The zero-order chi connectivity index (χ0) is 21.9. The van der Waals surface area contributed by atoms with Crippen LogP contribution in [-0.4, -0.2) is 58.6 Å². The first kappa shape index (κ1) is 22.7. The van der Waals surface area contributed by atoms with Crippen molar-refractivity contribution in [3.63, 3.8) is 0 Å². The minimum atomic E-state index is -2.25. The molecule has 4 atom stereocenters. The smallest absolute Gasteiger partial charge is 0.327 e. The molecular formula is C18H34N2O6Si3. The molecule has 0 saturated carbocycles. The molecule has 2 aliphatic heterocycles. The number of hydrogen-bond acceptors (Lipinski definition) is 6. The molecular weight excluding hydrogens is 424 g/mol. The van der Waals surface area contributed by atoms with Gasteiger partial charge >= 0.3 is 5.69 Å². The fourth-order valence-corrected chi connectivity index (χ4v) is 7.38. The summed E-state index contributed by atoms with van der Waals surface area (Å²) < 4.78 is 28.0. The van der Waals surface area contributed by atoms with Crippen molar-refractivity contribution >= 4 is 24.9 Å². The molecule has 1 saturated heterocycles. The zero-order valence-electron chi connectivity index (χ0n) is 18.9. The lowest BCUT2D eigenvalue weighted by Gasteiger charge is -2.36. The second kappa shape index (κ2) is 7.31. The fourth-order valence-electron chi connectivity index (χ4n) is 3.80. The molecule has 1 fully saturated rings. The normalized spacial score (nSPS) is 27.3. The maximum absolute atomic E-state index is 13.4. The van der Waals surface area contributed by atoms with E-state index >= 15 is 0 Å². The monoisotopic (exact) mass is 458 g/mol. The summed E-state index contributed by atoms with van der Waals surface area (Å²) in [4.78, 5) is 26.1. The molecule has 0 N–H and O–H groups in total. The van der Waals surface area contributed by atoms with Gasteiger partial charge in [0, 0.05) is 0 Å². The van der Waals surface area contributed by atoms with Gasteiger partial charge in [0.2, 0.25) is 5.88 Å². The second-order valence-electron chi connectivity index (χ2n) is 10.7. The lowest BCUT2D eigenvalue weighted by Crippen LogP contribution is -2.55. The van der Waals surface area contributed by atoms with Crippen molar-refractivity contribution in [1.29, 1.82) is 0 Å². The predicted octanol–water partition coefficient (Wildman–Crippen LogP) is 2.42. The highest BCUT2D eigenvalue weighted by atomic mass is 28.4. The van der Waals surface area contributed by atoms with Gasteiger partial charge in [0.1, 0.15) is 24.9 Å². The third-order valence-corrected chi connectivity index (χ3v) is 8.40. The first-order valence-corrected chi connectivity index (χ1v) is 20.4. The van der Waals surface area contributed by atoms with Gasteiger partial charge in [0.25, 0.3) is 5.56 Å². The van der Waals surface area contributed by atoms with E-state index in [2.05, 4.69) is 39.3 Å². The number of aromatic nitrogens is 2. The van der Waals surface area contributed by atoms with Crippen molar-refractivity contribution in [2.45, 2.75) is 83.5 Å². The molecule has 2 aliphatic rings. The summed E-state index contributed by atoms with van der Waals surface area (Å²) in [5.74, 6) is 0.248. The third kappa shape index (κ3) is 4.69. The molecule has 1 aromatic rings. The highest BCUT2D eigenvalue weighted by Crippen LogP contribution is 2.39. The van der Waals surface area contributed by atoms with Crippen LogP contribution in [0.5, 0.6) is 5.88 Å². The topological polar surface area (TPSA) is 80.9 Å². The molecule has 0 aromatic carbocycles. The Hall–Kier alpha value is -0.989. The van der Waals surface area contributed by atoms with E-state index in [4.69, 9.17) is 18.3 Å². The predicted molar refractivity (Wildman–Crippen MR) is 120 cm³/mol. The first-order valence-electron chi connectivity index (χ1n) is 10.1. The van der Waals surface area contributed by atoms with Crippen LogP contribution in [0.4, 0.5) is 0 Å². The van der Waals surface area contributed by atoms with Crippen molar-refractivity contribution in [1.82, 2.24) is 8.80 Å². The number of rotatable bonds is 5. The minimum Gasteiger partial charge on any atom is -0.476 e. The van der Waals surface area contributed by atoms with Gasteiger partial charge in [-0.25, -0.2) is 9.36 Å². The van der Waals surface area contributed by atoms with Crippen molar-refractivity contribution in [2.24, 2.45) is 0 Å². The Bertz CT molecular complexity index is 893. The van der Waals surface area contributed by atoms with E-state index in [0.29, 0.717) is 0 Å². The van der Waals surface area contributed by atoms with Gasteiger partial charge in [-0.15, -0.1) is 0 Å². The van der Waals surface area contributed by atoms with Gasteiger partial charge in [-0.1, -0.05) is 19.6 Å². The molecule has 0 amide bonds. The average Bonchev–Trinajstić information content (AvgIpc) is 2.68. The number of hydrogen-bond donors (Lipinski definition) is 0. The van der Waals surface area contributed by atoms with E-state index < -0.39 is 42.9 Å². The van der Waals surface area contributed by atoms with Crippen LogP contribution in [0.3, 0.4) is 0 Å². The summed E-state index contributed by atoms with van der Waals surface area (Å²) in [5.41, 5.74) is -0.717. The molecule has 164 valence electrons. The highest BCUT2D eigenvalue weighted by Gasteiger charge is 2.52. The van der Waals surface area contributed by atoms with Gasteiger partial charge in [-0.2, -0.15) is 0 Å². The molecule has 0 unspecified atom stereocenters. The van der Waals surface area contributed by atoms with Crippen molar-refractivity contribution in [3.8, 4) is 5.88 Å². The Balaban J connectivity index is 2.17. The molecule has 29 heavy (non-hydrogen) atoms. The summed E-state index contributed by atoms with van der Waals surface area (Å²) in [5, 5.41) is 0. The van der Waals surface area contributed by atoms with Gasteiger partial charge in [-0.3, -0.25) is 9.03 Å². The molecule has 8 nitrogen and oxygen atoms in total. The maximum atomic E-state index is 13.4. The Morgan fingerprint density at radius 2 is 1.48 bits per heavy atom. The SMILES string of the molecule is C[Si](C)(C)O[C@@H]1[C@H](O[Si](C)(C)C)[C@H]2O[C@@H]1COc1cc(=O)n([Si](C)(C)C)c(=O)n12. The summed E-state index contributed by atoms with van der Waals surface area (Å²) in [6.45, 7) is 18.8. The summed E-state index contributed by atoms with van der Waals surface area (Å²) in [6.07, 6.45) is -1.78. The zero-order valence-corrected chi connectivity index (χ0v) is 21.9. The number of ether oxygens (including phenoxy) is 2. The van der Waals surface area contributed by atoms with Crippen LogP contribution < -0.4 is 16.0 Å². The van der Waals surface area contributed by atoms with E-state index in [-0.39, 0.29) is 30.3 Å². The van der Waals surface area contributed by atoms with Gasteiger partial charge in [0.05, 0.1) is 6.07 Å². The van der Waals surface area contributed by atoms with E-state index in [1.165, 1.54) is 14.9 Å². The summed E-state index contributed by atoms with van der Waals surface area (Å²) >= 11 is 0. The van der Waals surface area contributed by atoms with Gasteiger partial charge in [-0.05, 0) is 39.3 Å². The number of fused-ring (bicyclic) bond motifs is 4. The van der Waals surface area contributed by atoms with Crippen LogP contribution in [-0.2, 0) is 13.6 Å². The van der Waals surface area contributed by atoms with Crippen LogP contribution >= 0.6 is 0 Å². The largest absolute Gasteiger partial charge is 0.476 e. The van der Waals surface area contributed by atoms with Crippen LogP contribution in [0.1, 0.15) is 6.23 Å². The van der Waals surface area contributed by atoms with E-state index in [9.17, 15) is 9.59 Å². The third-order valence-electron chi connectivity index (χ3n) is 4.69. The Morgan fingerprint density at radius 1 is 0.931 bits per heavy atom. The molecule has 0 radical (unpaired) electrons. The van der Waals surface area contributed by atoms with Crippen LogP contribution in [0.15, 0.2) is 15.7 Å². The molecule has 2 bridgehead atoms. The van der Waals surface area contributed by atoms with Gasteiger partial charge < -0.3 is 18.3 Å². The van der Waals surface area contributed by atoms with Crippen LogP contribution in [0.25, 0.3) is 0 Å². The van der Waals surface area contributed by atoms with Gasteiger partial charge in [0.15, 0.2) is 31.1 Å². The molecule has 3 heterocycles. The van der Waals surface area contributed by atoms with Crippen molar-refractivity contribution in [2.75, 3.05) is 6.61 Å². The maximum Gasteiger partial charge on any atom is 0.327 e. The average molecular weight is 459 g/mol. The Labute approximate surface area is 175 Å². The molecule has 3 rings (SSSR count). The van der Waals surface area contributed by atoms with Crippen molar-refractivity contribution < 1.29 is 18.3 Å². The van der Waals surface area contributed by atoms with Crippen LogP contribution in [0, 0.1) is 0 Å². The quantitative estimate of drug-likeness (QED) is 0.631. The Kier molecular flexibility index (Phi) is 5.72. The van der Waals surface area contributed by atoms with Crippen molar-refractivity contribution in [3.05, 3.63) is 26.9 Å². The first-order chi connectivity index (χ1) is 13.1. The van der Waals surface area contributed by atoms with E-state index in [1.807, 2.05) is 19.6 Å². The molecule has 0 aliphatic carbocycles. The molecule has 11 heteroatoms. The Morgan fingerprint density at radius 3 is 2.00 bits per heavy atom. The van der Waals surface area contributed by atoms with E-state index in [1.54, 1.807) is 0 Å². The lowest BCUT2D eigenvalue weighted by atomic mass is 10.1. The minimum absolute atomic E-state index is 0.215. The standard InChI is InChI=1S/C18H34N2O6Si3/c1-27(2,3)20-13(21)10-14-19(18(20)22)17-16(26-29(7,8)9)15(25-28(4,5)6)12(24-17)11-23-14/h10,12,15-17H,11H2,1-9H3/t12-,15+,16+,17-/m1/s1. The molecule has 0 spiro atoms. The summed E-state index contributed by atoms with van der Waals surface area (Å²) in [7, 11) is -6.13.